The molecule has 0 aliphatic heterocycles. The van der Waals surface area contributed by atoms with Crippen LogP contribution in [0.2, 0.25) is 0 Å². The molecule has 1 aliphatic carbocycles. The highest BCUT2D eigenvalue weighted by Gasteiger charge is 2.35. The summed E-state index contributed by atoms with van der Waals surface area (Å²) in [6.45, 7) is 0. The number of rotatable bonds is 2. The van der Waals surface area contributed by atoms with Gasteiger partial charge in [0.05, 0.1) is 5.56 Å². The minimum atomic E-state index is -1.35. The van der Waals surface area contributed by atoms with Gasteiger partial charge in [-0.15, -0.1) is 23.2 Å². The number of hydrogen-bond donors (Lipinski definition) is 1. The monoisotopic (exact) mass is 334 g/mol. The first-order valence-electron chi connectivity index (χ1n) is 6.30. The molecule has 0 saturated carbocycles. The molecule has 0 saturated heterocycles. The maximum absolute atomic E-state index is 12.7. The van der Waals surface area contributed by atoms with E-state index in [1.165, 1.54) is 18.2 Å². The lowest BCUT2D eigenvalue weighted by Crippen LogP contribution is -2.25. The fraction of sp³-hybridized carbons (Fsp3) is 0.0625. The minimum Gasteiger partial charge on any atom is -0.478 e. The number of aromatic carboxylic acids is 1. The molecule has 0 unspecified atom stereocenters. The van der Waals surface area contributed by atoms with E-state index in [4.69, 9.17) is 23.2 Å². The van der Waals surface area contributed by atoms with Gasteiger partial charge in [-0.2, -0.15) is 0 Å². The molecule has 0 heterocycles. The van der Waals surface area contributed by atoms with Crippen molar-refractivity contribution in [3.63, 3.8) is 0 Å². The molecular formula is C16H8Cl2O4. The van der Waals surface area contributed by atoms with E-state index >= 15 is 0 Å². The second-order valence-corrected chi connectivity index (χ2v) is 5.86. The highest BCUT2D eigenvalue weighted by atomic mass is 35.5. The van der Waals surface area contributed by atoms with Crippen molar-refractivity contribution in [3.05, 3.63) is 69.8 Å². The molecule has 0 amide bonds. The van der Waals surface area contributed by atoms with E-state index in [-0.39, 0.29) is 39.2 Å². The van der Waals surface area contributed by atoms with Crippen LogP contribution in [0.15, 0.2) is 36.4 Å². The van der Waals surface area contributed by atoms with Gasteiger partial charge in [-0.25, -0.2) is 4.79 Å². The molecule has 2 aromatic carbocycles. The number of halogens is 2. The second-order valence-electron chi connectivity index (χ2n) is 4.76. The molecule has 1 aliphatic rings. The van der Waals surface area contributed by atoms with Gasteiger partial charge in [-0.05, 0) is 6.07 Å². The third-order valence-electron chi connectivity index (χ3n) is 3.57. The number of carboxylic acid groups (broad SMARTS) is 1. The Bertz CT molecular complexity index is 840. The number of carbonyl (C=O) groups is 3. The van der Waals surface area contributed by atoms with Crippen molar-refractivity contribution in [1.29, 1.82) is 0 Å². The summed E-state index contributed by atoms with van der Waals surface area (Å²) < 4.78 is 0. The summed E-state index contributed by atoms with van der Waals surface area (Å²) in [5.74, 6) is -2.25. The van der Waals surface area contributed by atoms with Gasteiger partial charge in [0.15, 0.2) is 11.6 Å². The van der Waals surface area contributed by atoms with Crippen molar-refractivity contribution in [3.8, 4) is 0 Å². The summed E-state index contributed by atoms with van der Waals surface area (Å²) in [6.07, 6.45) is 0. The fourth-order valence-electron chi connectivity index (χ4n) is 2.61. The number of alkyl halides is 2. The average molecular weight is 335 g/mol. The topological polar surface area (TPSA) is 71.4 Å². The van der Waals surface area contributed by atoms with Gasteiger partial charge >= 0.3 is 5.97 Å². The number of fused-ring (bicyclic) bond motifs is 2. The van der Waals surface area contributed by atoms with E-state index in [0.717, 1.165) is 0 Å². The van der Waals surface area contributed by atoms with Crippen molar-refractivity contribution < 1.29 is 19.5 Å². The van der Waals surface area contributed by atoms with Crippen LogP contribution in [0.5, 0.6) is 0 Å². The van der Waals surface area contributed by atoms with Gasteiger partial charge in [0.2, 0.25) is 0 Å². The van der Waals surface area contributed by atoms with Crippen molar-refractivity contribution in [2.24, 2.45) is 0 Å². The second kappa shape index (κ2) is 5.23. The lowest BCUT2D eigenvalue weighted by Gasteiger charge is -2.21. The van der Waals surface area contributed by atoms with Gasteiger partial charge in [-0.3, -0.25) is 9.59 Å². The van der Waals surface area contributed by atoms with Crippen LogP contribution < -0.4 is 0 Å². The molecule has 0 fully saturated rings. The van der Waals surface area contributed by atoms with Gasteiger partial charge in [0.1, 0.15) is 4.84 Å². The van der Waals surface area contributed by atoms with Crippen LogP contribution >= 0.6 is 23.2 Å². The fourth-order valence-corrected chi connectivity index (χ4v) is 2.98. The third-order valence-corrected chi connectivity index (χ3v) is 4.04. The zero-order chi connectivity index (χ0) is 16.0. The summed E-state index contributed by atoms with van der Waals surface area (Å²) >= 11 is 11.6. The highest BCUT2D eigenvalue weighted by molar-refractivity contribution is 6.44. The van der Waals surface area contributed by atoms with E-state index in [2.05, 4.69) is 0 Å². The normalized spacial score (nSPS) is 13.0. The number of carboxylic acids is 1. The zero-order valence-electron chi connectivity index (χ0n) is 11.0. The van der Waals surface area contributed by atoms with Crippen LogP contribution in [0.25, 0.3) is 0 Å². The molecule has 0 spiro atoms. The van der Waals surface area contributed by atoms with Gasteiger partial charge < -0.3 is 5.11 Å². The Hall–Kier alpha value is -2.17. The third kappa shape index (κ3) is 2.03. The molecule has 0 bridgehead atoms. The molecule has 110 valence electrons. The largest absolute Gasteiger partial charge is 0.478 e. The molecule has 4 nitrogen and oxygen atoms in total. The predicted molar refractivity (Wildman–Crippen MR) is 81.2 cm³/mol. The zero-order valence-corrected chi connectivity index (χ0v) is 12.5. The lowest BCUT2D eigenvalue weighted by atomic mass is 9.80. The first-order valence-corrected chi connectivity index (χ1v) is 7.17. The summed E-state index contributed by atoms with van der Waals surface area (Å²) in [6, 6.07) is 9.06. The number of ketones is 2. The van der Waals surface area contributed by atoms with Gasteiger partial charge in [0.25, 0.3) is 0 Å². The first-order chi connectivity index (χ1) is 10.4. The molecule has 22 heavy (non-hydrogen) atoms. The summed E-state index contributed by atoms with van der Waals surface area (Å²) in [4.78, 5) is 35.6. The van der Waals surface area contributed by atoms with Crippen molar-refractivity contribution in [2.45, 2.75) is 4.84 Å². The Balaban J connectivity index is 2.38. The quantitative estimate of drug-likeness (QED) is 0.726. The molecule has 0 atom stereocenters. The van der Waals surface area contributed by atoms with Crippen LogP contribution in [-0.4, -0.2) is 22.6 Å². The van der Waals surface area contributed by atoms with Crippen molar-refractivity contribution >= 4 is 40.7 Å². The van der Waals surface area contributed by atoms with Crippen molar-refractivity contribution in [1.82, 2.24) is 0 Å². The van der Waals surface area contributed by atoms with E-state index in [1.54, 1.807) is 18.2 Å². The molecule has 0 aromatic heterocycles. The van der Waals surface area contributed by atoms with Crippen LogP contribution in [0, 0.1) is 0 Å². The van der Waals surface area contributed by atoms with E-state index in [0.29, 0.717) is 0 Å². The van der Waals surface area contributed by atoms with E-state index in [1.807, 2.05) is 0 Å². The summed E-state index contributed by atoms with van der Waals surface area (Å²) in [7, 11) is 0. The average Bonchev–Trinajstić information content (AvgIpc) is 2.51. The Kier molecular flexibility index (Phi) is 3.51. The Morgan fingerprint density at radius 1 is 0.909 bits per heavy atom. The Morgan fingerprint density at radius 3 is 2.05 bits per heavy atom. The highest BCUT2D eigenvalue weighted by Crippen LogP contribution is 2.36. The van der Waals surface area contributed by atoms with Gasteiger partial charge in [0, 0.05) is 27.8 Å². The molecule has 2 aromatic rings. The lowest BCUT2D eigenvalue weighted by molar-refractivity contribution is 0.0691. The first kappa shape index (κ1) is 14.8. The van der Waals surface area contributed by atoms with Crippen LogP contribution in [-0.2, 0) is 0 Å². The maximum Gasteiger partial charge on any atom is 0.336 e. The maximum atomic E-state index is 12.7. The molecule has 6 heteroatoms. The van der Waals surface area contributed by atoms with E-state index < -0.39 is 16.6 Å². The molecular weight excluding hydrogens is 327 g/mol. The van der Waals surface area contributed by atoms with Crippen LogP contribution in [0.1, 0.15) is 52.6 Å². The smallest absolute Gasteiger partial charge is 0.336 e. The summed E-state index contributed by atoms with van der Waals surface area (Å²) in [5.41, 5.74) is 0.118. The number of carbonyl (C=O) groups excluding carboxylic acids is 2. The number of benzene rings is 2. The van der Waals surface area contributed by atoms with Crippen LogP contribution in [0.3, 0.4) is 0 Å². The SMILES string of the molecule is O=C1c2ccccc2C(=O)c2c1ccc(C(Cl)Cl)c2C(=O)O. The van der Waals surface area contributed by atoms with Crippen LogP contribution in [0.4, 0.5) is 0 Å². The molecule has 1 N–H and O–H groups in total. The summed E-state index contributed by atoms with van der Waals surface area (Å²) in [5, 5.41) is 9.44. The Morgan fingerprint density at radius 2 is 1.50 bits per heavy atom. The standard InChI is InChI=1S/C16H8Cl2O4/c17-15(18)10-6-5-9-11(12(10)16(21)22)14(20)8-4-2-1-3-7(8)13(9)19/h1-6,15H,(H,21,22). The Labute approximate surface area is 135 Å². The number of hydrogen-bond acceptors (Lipinski definition) is 3. The predicted octanol–water partition coefficient (Wildman–Crippen LogP) is 3.64. The molecule has 3 rings (SSSR count). The molecule has 0 radical (unpaired) electrons. The van der Waals surface area contributed by atoms with Crippen molar-refractivity contribution in [2.75, 3.05) is 0 Å². The van der Waals surface area contributed by atoms with E-state index in [9.17, 15) is 19.5 Å². The minimum absolute atomic E-state index is 0.0545. The van der Waals surface area contributed by atoms with Gasteiger partial charge in [-0.1, -0.05) is 30.3 Å².